The van der Waals surface area contributed by atoms with Gasteiger partial charge in [-0.25, -0.2) is 4.98 Å². The summed E-state index contributed by atoms with van der Waals surface area (Å²) in [5.41, 5.74) is 2.94. The van der Waals surface area contributed by atoms with Crippen LogP contribution in [-0.2, 0) is 13.1 Å². The summed E-state index contributed by atoms with van der Waals surface area (Å²) < 4.78 is 0. The highest BCUT2D eigenvalue weighted by Crippen LogP contribution is 2.16. The standard InChI is InChI=1S/C14H15N3S/c1-10-11(2)18-14(17-10)9-16-8-13-5-3-4-12(6-13)7-15/h3-6,16H,8-9H2,1-2H3. The molecule has 2 rings (SSSR count). The minimum Gasteiger partial charge on any atom is -0.306 e. The molecule has 0 saturated heterocycles. The molecule has 4 heteroatoms. The van der Waals surface area contributed by atoms with Gasteiger partial charge in [-0.05, 0) is 31.5 Å². The Morgan fingerprint density at radius 2 is 2.17 bits per heavy atom. The molecule has 0 aliphatic carbocycles. The molecule has 0 aliphatic heterocycles. The van der Waals surface area contributed by atoms with Crippen molar-refractivity contribution in [2.45, 2.75) is 26.9 Å². The van der Waals surface area contributed by atoms with Gasteiger partial charge in [0.25, 0.3) is 0 Å². The molecule has 0 unspecified atom stereocenters. The lowest BCUT2D eigenvalue weighted by atomic mass is 10.1. The number of aryl methyl sites for hydroxylation is 2. The van der Waals surface area contributed by atoms with Crippen molar-refractivity contribution in [2.75, 3.05) is 0 Å². The molecule has 0 spiro atoms. The summed E-state index contributed by atoms with van der Waals surface area (Å²) in [5.74, 6) is 0. The highest BCUT2D eigenvalue weighted by Gasteiger charge is 2.03. The molecule has 18 heavy (non-hydrogen) atoms. The number of nitrogens with one attached hydrogen (secondary N) is 1. The summed E-state index contributed by atoms with van der Waals surface area (Å²) in [6, 6.07) is 9.80. The van der Waals surface area contributed by atoms with Gasteiger partial charge in [0.05, 0.1) is 17.3 Å². The van der Waals surface area contributed by atoms with E-state index >= 15 is 0 Å². The van der Waals surface area contributed by atoms with Crippen LogP contribution in [0.25, 0.3) is 0 Å². The summed E-state index contributed by atoms with van der Waals surface area (Å²) in [7, 11) is 0. The molecule has 2 aromatic rings. The van der Waals surface area contributed by atoms with Crippen LogP contribution < -0.4 is 5.32 Å². The van der Waals surface area contributed by atoms with Gasteiger partial charge in [0.1, 0.15) is 5.01 Å². The van der Waals surface area contributed by atoms with Crippen LogP contribution in [0.5, 0.6) is 0 Å². The van der Waals surface area contributed by atoms with E-state index in [0.717, 1.165) is 29.4 Å². The molecular formula is C14H15N3S. The molecule has 0 amide bonds. The fraction of sp³-hybridized carbons (Fsp3) is 0.286. The molecular weight excluding hydrogens is 242 g/mol. The molecule has 0 fully saturated rings. The molecule has 1 aromatic heterocycles. The first-order valence-corrected chi connectivity index (χ1v) is 6.63. The Hall–Kier alpha value is -1.70. The Morgan fingerprint density at radius 1 is 1.33 bits per heavy atom. The summed E-state index contributed by atoms with van der Waals surface area (Å²) in [5, 5.41) is 13.3. The lowest BCUT2D eigenvalue weighted by molar-refractivity contribution is 0.689. The zero-order valence-electron chi connectivity index (χ0n) is 10.5. The van der Waals surface area contributed by atoms with Gasteiger partial charge >= 0.3 is 0 Å². The summed E-state index contributed by atoms with van der Waals surface area (Å²) in [6.07, 6.45) is 0. The van der Waals surface area contributed by atoms with E-state index in [1.54, 1.807) is 11.3 Å². The van der Waals surface area contributed by atoms with Crippen LogP contribution in [0, 0.1) is 25.2 Å². The van der Waals surface area contributed by atoms with Crippen LogP contribution in [0.15, 0.2) is 24.3 Å². The van der Waals surface area contributed by atoms with Crippen molar-refractivity contribution in [1.82, 2.24) is 10.3 Å². The van der Waals surface area contributed by atoms with E-state index in [1.165, 1.54) is 4.88 Å². The maximum Gasteiger partial charge on any atom is 0.107 e. The molecule has 1 N–H and O–H groups in total. The van der Waals surface area contributed by atoms with Crippen molar-refractivity contribution in [2.24, 2.45) is 0 Å². The van der Waals surface area contributed by atoms with E-state index < -0.39 is 0 Å². The zero-order chi connectivity index (χ0) is 13.0. The minimum absolute atomic E-state index is 0.704. The molecule has 0 atom stereocenters. The first-order valence-electron chi connectivity index (χ1n) is 5.81. The number of rotatable bonds is 4. The van der Waals surface area contributed by atoms with E-state index in [4.69, 9.17) is 5.26 Å². The van der Waals surface area contributed by atoms with E-state index in [1.807, 2.05) is 31.2 Å². The van der Waals surface area contributed by atoms with Crippen molar-refractivity contribution in [3.8, 4) is 6.07 Å². The maximum absolute atomic E-state index is 8.82. The quantitative estimate of drug-likeness (QED) is 0.916. The molecule has 1 heterocycles. The zero-order valence-corrected chi connectivity index (χ0v) is 11.3. The number of hydrogen-bond acceptors (Lipinski definition) is 4. The summed E-state index contributed by atoms with van der Waals surface area (Å²) in [6.45, 7) is 5.65. The molecule has 0 saturated carbocycles. The first kappa shape index (κ1) is 12.7. The molecule has 92 valence electrons. The lowest BCUT2D eigenvalue weighted by Crippen LogP contribution is -2.12. The first-order chi connectivity index (χ1) is 8.69. The normalized spacial score (nSPS) is 10.3. The predicted molar refractivity (Wildman–Crippen MR) is 73.3 cm³/mol. The minimum atomic E-state index is 0.704. The van der Waals surface area contributed by atoms with Gasteiger partial charge in [0, 0.05) is 18.0 Å². The van der Waals surface area contributed by atoms with Gasteiger partial charge in [0.15, 0.2) is 0 Å². The Balaban J connectivity index is 1.90. The Morgan fingerprint density at radius 3 is 2.83 bits per heavy atom. The third-order valence-corrected chi connectivity index (χ3v) is 3.81. The van der Waals surface area contributed by atoms with Crippen molar-refractivity contribution in [1.29, 1.82) is 5.26 Å². The number of benzene rings is 1. The second-order valence-corrected chi connectivity index (χ2v) is 5.45. The maximum atomic E-state index is 8.82. The fourth-order valence-electron chi connectivity index (χ4n) is 1.68. The molecule has 0 radical (unpaired) electrons. The van der Waals surface area contributed by atoms with E-state index in [2.05, 4.69) is 23.3 Å². The van der Waals surface area contributed by atoms with Gasteiger partial charge < -0.3 is 5.32 Å². The lowest BCUT2D eigenvalue weighted by Gasteiger charge is -2.03. The SMILES string of the molecule is Cc1nc(CNCc2cccc(C#N)c2)sc1C. The second kappa shape index (κ2) is 5.76. The van der Waals surface area contributed by atoms with E-state index in [0.29, 0.717) is 5.56 Å². The topological polar surface area (TPSA) is 48.7 Å². The molecule has 1 aromatic carbocycles. The average Bonchev–Trinajstić information content (AvgIpc) is 2.69. The monoisotopic (exact) mass is 257 g/mol. The average molecular weight is 257 g/mol. The van der Waals surface area contributed by atoms with Crippen molar-refractivity contribution in [3.63, 3.8) is 0 Å². The van der Waals surface area contributed by atoms with Crippen molar-refractivity contribution < 1.29 is 0 Å². The second-order valence-electron chi connectivity index (χ2n) is 4.16. The molecule has 0 bridgehead atoms. The highest BCUT2D eigenvalue weighted by atomic mass is 32.1. The number of hydrogen-bond donors (Lipinski definition) is 1. The van der Waals surface area contributed by atoms with E-state index in [9.17, 15) is 0 Å². The summed E-state index contributed by atoms with van der Waals surface area (Å²) in [4.78, 5) is 5.75. The third kappa shape index (κ3) is 3.16. The summed E-state index contributed by atoms with van der Waals surface area (Å²) >= 11 is 1.73. The van der Waals surface area contributed by atoms with Crippen LogP contribution in [-0.4, -0.2) is 4.98 Å². The Bertz CT molecular complexity index is 561. The smallest absolute Gasteiger partial charge is 0.107 e. The van der Waals surface area contributed by atoms with Gasteiger partial charge in [-0.3, -0.25) is 0 Å². The Kier molecular flexibility index (Phi) is 4.08. The third-order valence-electron chi connectivity index (χ3n) is 2.73. The number of nitriles is 1. The van der Waals surface area contributed by atoms with Crippen LogP contribution >= 0.6 is 11.3 Å². The largest absolute Gasteiger partial charge is 0.306 e. The number of thiazole rings is 1. The van der Waals surface area contributed by atoms with Crippen molar-refractivity contribution in [3.05, 3.63) is 51.0 Å². The van der Waals surface area contributed by atoms with Gasteiger partial charge in [-0.15, -0.1) is 11.3 Å². The Labute approximate surface area is 111 Å². The van der Waals surface area contributed by atoms with Crippen LogP contribution in [0.1, 0.15) is 26.7 Å². The van der Waals surface area contributed by atoms with Crippen LogP contribution in [0.3, 0.4) is 0 Å². The fourth-order valence-corrected chi connectivity index (χ4v) is 2.58. The van der Waals surface area contributed by atoms with E-state index in [-0.39, 0.29) is 0 Å². The predicted octanol–water partition coefficient (Wildman–Crippen LogP) is 2.92. The number of aromatic nitrogens is 1. The number of nitrogens with zero attached hydrogens (tertiary/aromatic N) is 2. The van der Waals surface area contributed by atoms with Crippen molar-refractivity contribution >= 4 is 11.3 Å². The van der Waals surface area contributed by atoms with Gasteiger partial charge in [-0.1, -0.05) is 12.1 Å². The van der Waals surface area contributed by atoms with Crippen LogP contribution in [0.4, 0.5) is 0 Å². The van der Waals surface area contributed by atoms with Gasteiger partial charge in [-0.2, -0.15) is 5.26 Å². The highest BCUT2D eigenvalue weighted by molar-refractivity contribution is 7.11. The van der Waals surface area contributed by atoms with Gasteiger partial charge in [0.2, 0.25) is 0 Å². The van der Waals surface area contributed by atoms with Crippen LogP contribution in [0.2, 0.25) is 0 Å². The molecule has 3 nitrogen and oxygen atoms in total. The molecule has 0 aliphatic rings.